The molecule has 2 N–H and O–H groups in total. The van der Waals surface area contributed by atoms with Crippen LogP contribution in [-0.2, 0) is 11.3 Å². The van der Waals surface area contributed by atoms with E-state index < -0.39 is 0 Å². The van der Waals surface area contributed by atoms with Crippen LogP contribution in [0.3, 0.4) is 0 Å². The molecule has 0 aliphatic carbocycles. The van der Waals surface area contributed by atoms with Crippen molar-refractivity contribution in [2.24, 2.45) is 0 Å². The van der Waals surface area contributed by atoms with Crippen LogP contribution in [0.25, 0.3) is 11.4 Å². The number of aromatic amines is 1. The zero-order chi connectivity index (χ0) is 23.0. The van der Waals surface area contributed by atoms with E-state index in [1.54, 1.807) is 0 Å². The van der Waals surface area contributed by atoms with Gasteiger partial charge in [0.25, 0.3) is 0 Å². The van der Waals surface area contributed by atoms with Gasteiger partial charge in [-0.15, -0.1) is 0 Å². The molecule has 1 aromatic heterocycles. The number of rotatable bonds is 10. The van der Waals surface area contributed by atoms with Crippen LogP contribution in [-0.4, -0.2) is 51.8 Å². The third-order valence-corrected chi connectivity index (χ3v) is 6.31. The molecule has 1 aliphatic rings. The minimum absolute atomic E-state index is 0.0101. The lowest BCUT2D eigenvalue weighted by molar-refractivity contribution is -0.121. The van der Waals surface area contributed by atoms with Crippen LogP contribution in [0.2, 0.25) is 0 Å². The minimum Gasteiger partial charge on any atom is -0.494 e. The van der Waals surface area contributed by atoms with E-state index >= 15 is 0 Å². The summed E-state index contributed by atoms with van der Waals surface area (Å²) >= 11 is 5.42. The highest BCUT2D eigenvalue weighted by Gasteiger charge is 2.23. The number of carbonyl (C=O) groups excluding carboxylic acids is 1. The molecule has 1 unspecified atom stereocenters. The summed E-state index contributed by atoms with van der Waals surface area (Å²) < 4.78 is 7.89. The zero-order valence-corrected chi connectivity index (χ0v) is 19.8. The topological polar surface area (TPSA) is 75.2 Å². The van der Waals surface area contributed by atoms with Gasteiger partial charge >= 0.3 is 0 Å². The van der Waals surface area contributed by atoms with E-state index in [1.165, 1.54) is 18.4 Å². The number of carbonyl (C=O) groups is 1. The van der Waals surface area contributed by atoms with Gasteiger partial charge in [-0.3, -0.25) is 19.4 Å². The number of amides is 1. The molecule has 1 fully saturated rings. The van der Waals surface area contributed by atoms with E-state index in [2.05, 4.69) is 44.7 Å². The van der Waals surface area contributed by atoms with E-state index in [9.17, 15) is 4.79 Å². The molecule has 1 saturated heterocycles. The summed E-state index contributed by atoms with van der Waals surface area (Å²) in [5, 5.41) is 10.4. The molecule has 1 aliphatic heterocycles. The minimum atomic E-state index is 0.0101. The van der Waals surface area contributed by atoms with Crippen molar-refractivity contribution in [1.82, 2.24) is 25.0 Å². The third kappa shape index (κ3) is 5.89. The van der Waals surface area contributed by atoms with Gasteiger partial charge in [-0.05, 0) is 74.9 Å². The van der Waals surface area contributed by atoms with E-state index in [0.717, 1.165) is 30.2 Å². The molecule has 2 aromatic carbocycles. The van der Waals surface area contributed by atoms with E-state index in [-0.39, 0.29) is 11.9 Å². The molecule has 1 atom stereocenters. The van der Waals surface area contributed by atoms with Crippen molar-refractivity contribution < 1.29 is 9.53 Å². The quantitative estimate of drug-likeness (QED) is 0.436. The van der Waals surface area contributed by atoms with Gasteiger partial charge in [-0.2, -0.15) is 5.10 Å². The first kappa shape index (κ1) is 23.2. The number of hydrogen-bond acceptors (Lipinski definition) is 5. The van der Waals surface area contributed by atoms with Crippen LogP contribution in [0.4, 0.5) is 0 Å². The highest BCUT2D eigenvalue weighted by molar-refractivity contribution is 7.71. The predicted molar refractivity (Wildman–Crippen MR) is 132 cm³/mol. The predicted octanol–water partition coefficient (Wildman–Crippen LogP) is 4.35. The highest BCUT2D eigenvalue weighted by atomic mass is 32.1. The first-order valence-corrected chi connectivity index (χ1v) is 12.0. The standard InChI is InChI=1S/C25H31N5O2S/c1-2-32-21-12-10-20(11-13-21)24-27-28-25(33)30(24)17-14-23(31)26-18-22(29-15-6-7-16-29)19-8-4-3-5-9-19/h3-5,8-13,22H,2,6-7,14-18H2,1H3,(H,26,31)(H,28,33). The number of nitrogens with zero attached hydrogens (tertiary/aromatic N) is 3. The molecule has 4 rings (SSSR count). The van der Waals surface area contributed by atoms with E-state index in [1.807, 2.05) is 41.8 Å². The maximum Gasteiger partial charge on any atom is 0.221 e. The molecule has 0 saturated carbocycles. The van der Waals surface area contributed by atoms with Crippen LogP contribution >= 0.6 is 12.2 Å². The van der Waals surface area contributed by atoms with Gasteiger partial charge in [0, 0.05) is 25.1 Å². The average Bonchev–Trinajstić information content (AvgIpc) is 3.50. The maximum absolute atomic E-state index is 12.7. The van der Waals surface area contributed by atoms with Gasteiger partial charge in [0.1, 0.15) is 5.75 Å². The second-order valence-corrected chi connectivity index (χ2v) is 8.57. The van der Waals surface area contributed by atoms with Gasteiger partial charge in [-0.25, -0.2) is 0 Å². The van der Waals surface area contributed by atoms with Gasteiger partial charge in [0.15, 0.2) is 10.6 Å². The molecule has 33 heavy (non-hydrogen) atoms. The Balaban J connectivity index is 1.38. The molecule has 2 heterocycles. The fourth-order valence-corrected chi connectivity index (χ4v) is 4.53. The Labute approximate surface area is 199 Å². The van der Waals surface area contributed by atoms with E-state index in [0.29, 0.717) is 30.9 Å². The summed E-state index contributed by atoms with van der Waals surface area (Å²) in [6.45, 7) is 5.79. The van der Waals surface area contributed by atoms with Crippen LogP contribution in [0.1, 0.15) is 37.8 Å². The van der Waals surface area contributed by atoms with Gasteiger partial charge < -0.3 is 10.1 Å². The molecule has 3 aromatic rings. The summed E-state index contributed by atoms with van der Waals surface area (Å²) in [5.74, 6) is 1.54. The van der Waals surface area contributed by atoms with Crippen LogP contribution in [0.5, 0.6) is 5.75 Å². The second kappa shape index (κ2) is 11.2. The average molecular weight is 466 g/mol. The molecule has 8 heteroatoms. The number of ether oxygens (including phenoxy) is 1. The Morgan fingerprint density at radius 3 is 2.58 bits per heavy atom. The Kier molecular flexibility index (Phi) is 7.91. The highest BCUT2D eigenvalue weighted by Crippen LogP contribution is 2.25. The number of hydrogen-bond donors (Lipinski definition) is 2. The summed E-state index contributed by atoms with van der Waals surface area (Å²) in [4.78, 5) is 15.2. The smallest absolute Gasteiger partial charge is 0.221 e. The Morgan fingerprint density at radius 2 is 1.88 bits per heavy atom. The monoisotopic (exact) mass is 465 g/mol. The fraction of sp³-hybridized carbons (Fsp3) is 0.400. The molecule has 1 amide bonds. The maximum atomic E-state index is 12.7. The van der Waals surface area contributed by atoms with Crippen molar-refractivity contribution in [3.05, 3.63) is 64.9 Å². The van der Waals surface area contributed by atoms with Gasteiger partial charge in [0.05, 0.1) is 12.6 Å². The molecule has 174 valence electrons. The number of aromatic nitrogens is 3. The van der Waals surface area contributed by atoms with Gasteiger partial charge in [0.2, 0.25) is 5.91 Å². The lowest BCUT2D eigenvalue weighted by Crippen LogP contribution is -2.37. The molecular weight excluding hydrogens is 434 g/mol. The van der Waals surface area contributed by atoms with Crippen molar-refractivity contribution in [2.75, 3.05) is 26.2 Å². The first-order chi connectivity index (χ1) is 16.2. The van der Waals surface area contributed by atoms with Crippen LogP contribution < -0.4 is 10.1 Å². The number of likely N-dealkylation sites (tertiary alicyclic amines) is 1. The molecule has 0 spiro atoms. The summed E-state index contributed by atoms with van der Waals surface area (Å²) in [6, 6.07) is 18.4. The number of nitrogens with one attached hydrogen (secondary N) is 2. The summed E-state index contributed by atoms with van der Waals surface area (Å²) in [5.41, 5.74) is 2.17. The summed E-state index contributed by atoms with van der Waals surface area (Å²) in [7, 11) is 0. The normalized spacial score (nSPS) is 14.8. The SMILES string of the molecule is CCOc1ccc(-c2n[nH]c(=S)n2CCC(=O)NCC(c2ccccc2)N2CCCC2)cc1. The molecular formula is C25H31N5O2S. The van der Waals surface area contributed by atoms with Crippen LogP contribution in [0.15, 0.2) is 54.6 Å². The molecule has 0 bridgehead atoms. The second-order valence-electron chi connectivity index (χ2n) is 8.19. The largest absolute Gasteiger partial charge is 0.494 e. The number of benzene rings is 2. The Bertz CT molecular complexity index is 1090. The van der Waals surface area contributed by atoms with Crippen LogP contribution in [0, 0.1) is 4.77 Å². The Morgan fingerprint density at radius 1 is 1.15 bits per heavy atom. The van der Waals surface area contributed by atoms with Crippen molar-refractivity contribution in [2.45, 2.75) is 38.8 Å². The number of H-pyrrole nitrogens is 1. The molecule has 0 radical (unpaired) electrons. The fourth-order valence-electron chi connectivity index (χ4n) is 4.31. The van der Waals surface area contributed by atoms with Crippen molar-refractivity contribution >= 4 is 18.1 Å². The molecule has 7 nitrogen and oxygen atoms in total. The van der Waals surface area contributed by atoms with E-state index in [4.69, 9.17) is 17.0 Å². The lowest BCUT2D eigenvalue weighted by atomic mass is 10.1. The first-order valence-electron chi connectivity index (χ1n) is 11.6. The lowest BCUT2D eigenvalue weighted by Gasteiger charge is -2.28. The third-order valence-electron chi connectivity index (χ3n) is 6.00. The Hall–Kier alpha value is -2.97. The van der Waals surface area contributed by atoms with Gasteiger partial charge in [-0.1, -0.05) is 30.3 Å². The summed E-state index contributed by atoms with van der Waals surface area (Å²) in [6.07, 6.45) is 2.76. The zero-order valence-electron chi connectivity index (χ0n) is 19.0. The van der Waals surface area contributed by atoms with Crippen molar-refractivity contribution in [3.63, 3.8) is 0 Å². The van der Waals surface area contributed by atoms with Crippen molar-refractivity contribution in [1.29, 1.82) is 0 Å². The van der Waals surface area contributed by atoms with Crippen molar-refractivity contribution in [3.8, 4) is 17.1 Å².